The van der Waals surface area contributed by atoms with E-state index in [1.807, 2.05) is 23.6 Å². The van der Waals surface area contributed by atoms with E-state index in [-0.39, 0.29) is 5.69 Å². The van der Waals surface area contributed by atoms with E-state index in [4.69, 9.17) is 5.73 Å². The van der Waals surface area contributed by atoms with Crippen LogP contribution in [0.1, 0.15) is 6.92 Å². The second-order valence-electron chi connectivity index (χ2n) is 4.55. The molecule has 7 heteroatoms. The monoisotopic (exact) mass is 283 g/mol. The number of rotatable bonds is 3. The molecule has 0 bridgehead atoms. The van der Waals surface area contributed by atoms with Crippen molar-refractivity contribution in [1.29, 1.82) is 0 Å². The molecule has 0 unspecified atom stereocenters. The number of nitrogen functional groups attached to an aromatic ring is 1. The number of aryl methyl sites for hydroxylation is 1. The lowest BCUT2D eigenvalue weighted by Crippen LogP contribution is -2.01. The van der Waals surface area contributed by atoms with Crippen LogP contribution < -0.4 is 5.73 Å². The Kier molecular flexibility index (Phi) is 3.02. The summed E-state index contributed by atoms with van der Waals surface area (Å²) in [5, 5.41) is 10.8. The molecule has 2 N–H and O–H groups in total. The summed E-state index contributed by atoms with van der Waals surface area (Å²) in [4.78, 5) is 19.2. The van der Waals surface area contributed by atoms with E-state index < -0.39 is 4.92 Å². The summed E-state index contributed by atoms with van der Waals surface area (Å²) in [6.45, 7) is 2.67. The first-order valence-electron chi connectivity index (χ1n) is 6.47. The molecule has 0 aliphatic carbocycles. The van der Waals surface area contributed by atoms with Gasteiger partial charge < -0.3 is 10.3 Å². The van der Waals surface area contributed by atoms with Crippen molar-refractivity contribution in [2.75, 3.05) is 5.73 Å². The highest BCUT2D eigenvalue weighted by Crippen LogP contribution is 2.30. The highest BCUT2D eigenvalue weighted by molar-refractivity contribution is 5.82. The number of imidazole rings is 1. The quantitative estimate of drug-likeness (QED) is 0.452. The van der Waals surface area contributed by atoms with E-state index in [2.05, 4.69) is 9.97 Å². The fourth-order valence-electron chi connectivity index (χ4n) is 2.33. The smallest absolute Gasteiger partial charge is 0.271 e. The third kappa shape index (κ3) is 2.08. The molecule has 1 aromatic carbocycles. The lowest BCUT2D eigenvalue weighted by molar-refractivity contribution is -0.384. The first-order valence-corrected chi connectivity index (χ1v) is 6.47. The number of hydrogen-bond acceptors (Lipinski definition) is 5. The van der Waals surface area contributed by atoms with Gasteiger partial charge in [0.2, 0.25) is 0 Å². The number of aromatic nitrogens is 3. The van der Waals surface area contributed by atoms with Crippen LogP contribution in [0.4, 0.5) is 11.4 Å². The normalized spacial score (nSPS) is 10.9. The second-order valence-corrected chi connectivity index (χ2v) is 4.55. The van der Waals surface area contributed by atoms with Gasteiger partial charge >= 0.3 is 0 Å². The van der Waals surface area contributed by atoms with Crippen LogP contribution in [-0.4, -0.2) is 19.5 Å². The molecule has 0 fully saturated rings. The van der Waals surface area contributed by atoms with Crippen LogP contribution in [0, 0.1) is 10.1 Å². The maximum Gasteiger partial charge on any atom is 0.271 e. The zero-order chi connectivity index (χ0) is 15.0. The molecule has 3 rings (SSSR count). The predicted molar refractivity (Wildman–Crippen MR) is 79.7 cm³/mol. The highest BCUT2D eigenvalue weighted by Gasteiger charge is 2.16. The number of nitro groups is 1. The van der Waals surface area contributed by atoms with Crippen LogP contribution in [-0.2, 0) is 6.54 Å². The summed E-state index contributed by atoms with van der Waals surface area (Å²) in [6, 6.07) is 8.10. The van der Waals surface area contributed by atoms with Crippen LogP contribution in [0.5, 0.6) is 0 Å². The summed E-state index contributed by atoms with van der Waals surface area (Å²) < 4.78 is 1.94. The first kappa shape index (κ1) is 13.0. The molecule has 0 aliphatic rings. The van der Waals surface area contributed by atoms with Gasteiger partial charge in [-0.15, -0.1) is 0 Å². The topological polar surface area (TPSA) is 99.9 Å². The van der Waals surface area contributed by atoms with Gasteiger partial charge in [-0.3, -0.25) is 10.1 Å². The molecule has 0 saturated carbocycles. The number of nitrogens with zero attached hydrogens (tertiary/aromatic N) is 4. The molecule has 0 atom stereocenters. The van der Waals surface area contributed by atoms with Crippen molar-refractivity contribution in [3.05, 3.63) is 46.6 Å². The number of fused-ring (bicyclic) bond motifs is 1. The average molecular weight is 283 g/mol. The molecule has 0 spiro atoms. The van der Waals surface area contributed by atoms with Crippen molar-refractivity contribution < 1.29 is 4.92 Å². The van der Waals surface area contributed by atoms with E-state index in [0.717, 1.165) is 11.2 Å². The van der Waals surface area contributed by atoms with Crippen LogP contribution in [0.3, 0.4) is 0 Å². The summed E-state index contributed by atoms with van der Waals surface area (Å²) in [6.07, 6.45) is 1.71. The van der Waals surface area contributed by atoms with Gasteiger partial charge in [-0.05, 0) is 25.1 Å². The second kappa shape index (κ2) is 4.86. The lowest BCUT2D eigenvalue weighted by atomic mass is 10.1. The Morgan fingerprint density at radius 2 is 2.19 bits per heavy atom. The molecule has 0 radical (unpaired) electrons. The van der Waals surface area contributed by atoms with E-state index in [9.17, 15) is 10.1 Å². The Morgan fingerprint density at radius 1 is 1.38 bits per heavy atom. The van der Waals surface area contributed by atoms with Gasteiger partial charge in [0.25, 0.3) is 5.69 Å². The van der Waals surface area contributed by atoms with Crippen molar-refractivity contribution in [2.45, 2.75) is 13.5 Å². The summed E-state index contributed by atoms with van der Waals surface area (Å²) in [5.74, 6) is 0.665. The highest BCUT2D eigenvalue weighted by atomic mass is 16.6. The third-order valence-corrected chi connectivity index (χ3v) is 3.31. The van der Waals surface area contributed by atoms with Crippen LogP contribution in [0.25, 0.3) is 22.6 Å². The molecule has 2 aromatic heterocycles. The van der Waals surface area contributed by atoms with Crippen LogP contribution >= 0.6 is 0 Å². The van der Waals surface area contributed by atoms with Crippen molar-refractivity contribution in [1.82, 2.24) is 14.5 Å². The molecular weight excluding hydrogens is 270 g/mol. The zero-order valence-electron chi connectivity index (χ0n) is 11.4. The van der Waals surface area contributed by atoms with Crippen molar-refractivity contribution in [3.8, 4) is 11.4 Å². The fourth-order valence-corrected chi connectivity index (χ4v) is 2.33. The van der Waals surface area contributed by atoms with Gasteiger partial charge in [-0.1, -0.05) is 0 Å². The Balaban J connectivity index is 2.23. The summed E-state index contributed by atoms with van der Waals surface area (Å²) in [7, 11) is 0. The number of non-ortho nitro benzene ring substituents is 1. The minimum absolute atomic E-state index is 0.0338. The van der Waals surface area contributed by atoms with Gasteiger partial charge in [-0.25, -0.2) is 9.97 Å². The van der Waals surface area contributed by atoms with Gasteiger partial charge in [0.05, 0.1) is 4.92 Å². The largest absolute Gasteiger partial charge is 0.398 e. The van der Waals surface area contributed by atoms with E-state index >= 15 is 0 Å². The van der Waals surface area contributed by atoms with Gasteiger partial charge in [-0.2, -0.15) is 0 Å². The minimum atomic E-state index is -0.468. The van der Waals surface area contributed by atoms with Gasteiger partial charge in [0, 0.05) is 36.1 Å². The molecule has 0 aliphatic heterocycles. The number of benzene rings is 1. The molecule has 106 valence electrons. The average Bonchev–Trinajstić information content (AvgIpc) is 2.85. The Bertz CT molecular complexity index is 840. The van der Waals surface area contributed by atoms with Gasteiger partial charge in [0.15, 0.2) is 5.65 Å². The lowest BCUT2D eigenvalue weighted by Gasteiger charge is -2.07. The zero-order valence-corrected chi connectivity index (χ0v) is 11.4. The van der Waals surface area contributed by atoms with Crippen LogP contribution in [0.15, 0.2) is 36.5 Å². The van der Waals surface area contributed by atoms with Crippen molar-refractivity contribution >= 4 is 22.5 Å². The molecular formula is C14H13N5O2. The number of pyridine rings is 1. The molecule has 7 nitrogen and oxygen atoms in total. The van der Waals surface area contributed by atoms with Crippen LogP contribution in [0.2, 0.25) is 0 Å². The number of hydrogen-bond donors (Lipinski definition) is 1. The van der Waals surface area contributed by atoms with Crippen molar-refractivity contribution in [3.63, 3.8) is 0 Å². The maximum absolute atomic E-state index is 10.8. The Morgan fingerprint density at radius 3 is 2.86 bits per heavy atom. The predicted octanol–water partition coefficient (Wildman–Crippen LogP) is 2.61. The first-order chi connectivity index (χ1) is 10.1. The molecule has 0 saturated heterocycles. The number of nitrogens with two attached hydrogens (primary N) is 1. The van der Waals surface area contributed by atoms with E-state index in [1.165, 1.54) is 12.1 Å². The Hall–Kier alpha value is -2.96. The maximum atomic E-state index is 10.8. The summed E-state index contributed by atoms with van der Waals surface area (Å²) in [5.41, 5.74) is 8.46. The molecule has 0 amide bonds. The SMILES string of the molecule is CCn1c(-c2ccc([N+](=O)[O-])cc2N)nc2cccnc21. The van der Waals surface area contributed by atoms with E-state index in [1.54, 1.807) is 12.3 Å². The standard InChI is InChI=1S/C14H13N5O2/c1-2-18-13(17-12-4-3-7-16-14(12)18)10-6-5-9(19(20)21)8-11(10)15/h3-8H,2,15H2,1H3. The minimum Gasteiger partial charge on any atom is -0.398 e. The number of nitro benzene ring substituents is 1. The summed E-state index contributed by atoms with van der Waals surface area (Å²) >= 11 is 0. The molecule has 21 heavy (non-hydrogen) atoms. The van der Waals surface area contributed by atoms with Gasteiger partial charge in [0.1, 0.15) is 11.3 Å². The Labute approximate surface area is 120 Å². The molecule has 2 heterocycles. The third-order valence-electron chi connectivity index (χ3n) is 3.31. The number of anilines is 1. The fraction of sp³-hybridized carbons (Fsp3) is 0.143. The van der Waals surface area contributed by atoms with E-state index in [0.29, 0.717) is 23.6 Å². The molecule has 3 aromatic rings. The van der Waals surface area contributed by atoms with Crippen molar-refractivity contribution in [2.24, 2.45) is 0 Å².